The molecule has 2 heterocycles. The lowest BCUT2D eigenvalue weighted by Gasteiger charge is -2.19. The van der Waals surface area contributed by atoms with Crippen LogP contribution in [0.1, 0.15) is 27.9 Å². The maximum absolute atomic E-state index is 12.6. The van der Waals surface area contributed by atoms with Crippen LogP contribution in [-0.2, 0) is 16.4 Å². The van der Waals surface area contributed by atoms with Crippen LogP contribution in [-0.4, -0.2) is 37.6 Å². The first-order valence-electron chi connectivity index (χ1n) is 9.04. The number of methoxy groups -OCH3 is 1. The molecule has 0 spiro atoms. The standard InChI is InChI=1S/C20H25N3O3S2/c1-15-13-16(2)23(22-15)19(20-5-4-11-27-20)14-21-28(24,25)12-10-17-6-8-18(26-3)9-7-17/h4-9,11,13,19,21H,10,12,14H2,1-3H3. The zero-order valence-corrected chi connectivity index (χ0v) is 17.9. The van der Waals surface area contributed by atoms with Gasteiger partial charge >= 0.3 is 0 Å². The monoisotopic (exact) mass is 419 g/mol. The average Bonchev–Trinajstić information content (AvgIpc) is 3.31. The van der Waals surface area contributed by atoms with Crippen molar-refractivity contribution >= 4 is 21.4 Å². The molecule has 8 heteroatoms. The summed E-state index contributed by atoms with van der Waals surface area (Å²) in [6, 6.07) is 13.3. The third-order valence-corrected chi connectivity index (χ3v) is 6.85. The van der Waals surface area contributed by atoms with Crippen LogP contribution in [0.15, 0.2) is 47.8 Å². The second-order valence-electron chi connectivity index (χ2n) is 6.67. The highest BCUT2D eigenvalue weighted by atomic mass is 32.2. The first-order valence-corrected chi connectivity index (χ1v) is 11.6. The summed E-state index contributed by atoms with van der Waals surface area (Å²) in [5, 5.41) is 6.55. The molecule has 0 aliphatic carbocycles. The quantitative estimate of drug-likeness (QED) is 0.577. The van der Waals surface area contributed by atoms with Crippen LogP contribution in [0.4, 0.5) is 0 Å². The summed E-state index contributed by atoms with van der Waals surface area (Å²) in [6.07, 6.45) is 0.447. The number of aromatic nitrogens is 2. The Morgan fingerprint density at radius 2 is 1.96 bits per heavy atom. The van der Waals surface area contributed by atoms with Gasteiger partial charge in [0.2, 0.25) is 10.0 Å². The molecule has 0 saturated carbocycles. The molecule has 3 aromatic rings. The Labute approximate surface area is 170 Å². The SMILES string of the molecule is COc1ccc(CCS(=O)(=O)NCC(c2cccs2)n2nc(C)cc2C)cc1. The summed E-state index contributed by atoms with van der Waals surface area (Å²) in [5.41, 5.74) is 2.88. The van der Waals surface area contributed by atoms with E-state index in [-0.39, 0.29) is 18.3 Å². The Morgan fingerprint density at radius 3 is 2.54 bits per heavy atom. The van der Waals surface area contributed by atoms with Crippen molar-refractivity contribution in [2.75, 3.05) is 19.4 Å². The fourth-order valence-electron chi connectivity index (χ4n) is 3.07. The van der Waals surface area contributed by atoms with Gasteiger partial charge in [0.1, 0.15) is 5.75 Å². The van der Waals surface area contributed by atoms with E-state index in [4.69, 9.17) is 4.74 Å². The molecule has 1 N–H and O–H groups in total. The summed E-state index contributed by atoms with van der Waals surface area (Å²) >= 11 is 1.60. The van der Waals surface area contributed by atoms with E-state index in [0.717, 1.165) is 27.6 Å². The first-order chi connectivity index (χ1) is 13.4. The molecule has 0 radical (unpaired) electrons. The minimum Gasteiger partial charge on any atom is -0.497 e. The molecular weight excluding hydrogens is 394 g/mol. The van der Waals surface area contributed by atoms with Gasteiger partial charge in [0.25, 0.3) is 0 Å². The second kappa shape index (κ2) is 8.89. The molecule has 1 aromatic carbocycles. The number of benzene rings is 1. The van der Waals surface area contributed by atoms with E-state index < -0.39 is 10.0 Å². The maximum Gasteiger partial charge on any atom is 0.212 e. The zero-order chi connectivity index (χ0) is 20.1. The van der Waals surface area contributed by atoms with Gasteiger partial charge in [-0.1, -0.05) is 18.2 Å². The third-order valence-electron chi connectivity index (χ3n) is 4.53. The largest absolute Gasteiger partial charge is 0.497 e. The number of aryl methyl sites for hydroxylation is 3. The molecule has 1 atom stereocenters. The lowest BCUT2D eigenvalue weighted by atomic mass is 10.2. The summed E-state index contributed by atoms with van der Waals surface area (Å²) in [5.74, 6) is 0.793. The van der Waals surface area contributed by atoms with Crippen molar-refractivity contribution in [2.24, 2.45) is 0 Å². The summed E-state index contributed by atoms with van der Waals surface area (Å²) in [4.78, 5) is 1.07. The number of nitrogens with one attached hydrogen (secondary N) is 1. The van der Waals surface area contributed by atoms with Crippen molar-refractivity contribution in [3.8, 4) is 5.75 Å². The molecule has 0 amide bonds. The van der Waals surface area contributed by atoms with Gasteiger partial charge in [0.15, 0.2) is 0 Å². The fraction of sp³-hybridized carbons (Fsp3) is 0.350. The molecule has 2 aromatic heterocycles. The minimum absolute atomic E-state index is 0.0353. The normalized spacial score (nSPS) is 12.8. The highest BCUT2D eigenvalue weighted by Crippen LogP contribution is 2.24. The molecule has 0 saturated heterocycles. The molecule has 150 valence electrons. The van der Waals surface area contributed by atoms with Gasteiger partial charge in [0.05, 0.1) is 24.6 Å². The van der Waals surface area contributed by atoms with Gasteiger partial charge in [-0.25, -0.2) is 13.1 Å². The van der Waals surface area contributed by atoms with Crippen molar-refractivity contribution in [3.05, 3.63) is 69.7 Å². The van der Waals surface area contributed by atoms with Crippen molar-refractivity contribution in [3.63, 3.8) is 0 Å². The average molecular weight is 420 g/mol. The van der Waals surface area contributed by atoms with E-state index in [1.54, 1.807) is 18.4 Å². The minimum atomic E-state index is -3.41. The molecule has 0 aliphatic heterocycles. The van der Waals surface area contributed by atoms with E-state index >= 15 is 0 Å². The number of thiophene rings is 1. The number of ether oxygens (including phenoxy) is 1. The number of rotatable bonds is 9. The lowest BCUT2D eigenvalue weighted by Crippen LogP contribution is -2.33. The van der Waals surface area contributed by atoms with Crippen molar-refractivity contribution < 1.29 is 13.2 Å². The molecule has 1 unspecified atom stereocenters. The maximum atomic E-state index is 12.6. The number of nitrogens with zero attached hydrogens (tertiary/aromatic N) is 2. The van der Waals surface area contributed by atoms with Crippen LogP contribution in [0.5, 0.6) is 5.75 Å². The predicted molar refractivity (Wildman–Crippen MR) is 113 cm³/mol. The predicted octanol–water partition coefficient (Wildman–Crippen LogP) is 3.32. The van der Waals surface area contributed by atoms with Crippen molar-refractivity contribution in [1.29, 1.82) is 0 Å². The number of hydrogen-bond donors (Lipinski definition) is 1. The van der Waals surface area contributed by atoms with Crippen LogP contribution in [0, 0.1) is 13.8 Å². The Kier molecular flexibility index (Phi) is 6.53. The fourth-order valence-corrected chi connectivity index (χ4v) is 4.94. The molecular formula is C20H25N3O3S2. The van der Waals surface area contributed by atoms with Crippen molar-refractivity contribution in [2.45, 2.75) is 26.3 Å². The molecule has 6 nitrogen and oxygen atoms in total. The molecule has 0 fully saturated rings. The summed E-state index contributed by atoms with van der Waals surface area (Å²) in [7, 11) is -1.81. The Morgan fingerprint density at radius 1 is 1.21 bits per heavy atom. The zero-order valence-electron chi connectivity index (χ0n) is 16.3. The van der Waals surface area contributed by atoms with Crippen LogP contribution >= 0.6 is 11.3 Å². The van der Waals surface area contributed by atoms with Crippen LogP contribution < -0.4 is 9.46 Å². The highest BCUT2D eigenvalue weighted by Gasteiger charge is 2.21. The third kappa shape index (κ3) is 5.21. The van der Waals surface area contributed by atoms with E-state index in [2.05, 4.69) is 9.82 Å². The highest BCUT2D eigenvalue weighted by molar-refractivity contribution is 7.89. The smallest absolute Gasteiger partial charge is 0.212 e. The molecule has 3 rings (SSSR count). The van der Waals surface area contributed by atoms with E-state index in [1.807, 2.05) is 66.4 Å². The Balaban J connectivity index is 1.67. The van der Waals surface area contributed by atoms with Crippen LogP contribution in [0.2, 0.25) is 0 Å². The summed E-state index contributed by atoms with van der Waals surface area (Å²) < 4.78 is 34.9. The van der Waals surface area contributed by atoms with Crippen LogP contribution in [0.25, 0.3) is 0 Å². The van der Waals surface area contributed by atoms with Crippen LogP contribution in [0.3, 0.4) is 0 Å². The number of sulfonamides is 1. The van der Waals surface area contributed by atoms with Gasteiger partial charge < -0.3 is 4.74 Å². The summed E-state index contributed by atoms with van der Waals surface area (Å²) in [6.45, 7) is 4.19. The van der Waals surface area contributed by atoms with E-state index in [9.17, 15) is 8.42 Å². The Bertz CT molecular complexity index is 994. The van der Waals surface area contributed by atoms with Gasteiger partial charge in [-0.3, -0.25) is 4.68 Å². The van der Waals surface area contributed by atoms with E-state index in [0.29, 0.717) is 6.42 Å². The lowest BCUT2D eigenvalue weighted by molar-refractivity contribution is 0.414. The topological polar surface area (TPSA) is 73.2 Å². The van der Waals surface area contributed by atoms with Gasteiger partial charge in [-0.05, 0) is 55.5 Å². The van der Waals surface area contributed by atoms with Crippen molar-refractivity contribution in [1.82, 2.24) is 14.5 Å². The number of hydrogen-bond acceptors (Lipinski definition) is 5. The van der Waals surface area contributed by atoms with Gasteiger partial charge in [0, 0.05) is 17.1 Å². The van der Waals surface area contributed by atoms with Gasteiger partial charge in [-0.2, -0.15) is 5.10 Å². The molecule has 0 bridgehead atoms. The molecule has 0 aliphatic rings. The second-order valence-corrected chi connectivity index (χ2v) is 9.57. The van der Waals surface area contributed by atoms with E-state index in [1.165, 1.54) is 0 Å². The van der Waals surface area contributed by atoms with Gasteiger partial charge in [-0.15, -0.1) is 11.3 Å². The Hall–Kier alpha value is -2.16. The molecule has 28 heavy (non-hydrogen) atoms. The first kappa shape index (κ1) is 20.6.